The predicted octanol–water partition coefficient (Wildman–Crippen LogP) is 3.19. The minimum Gasteiger partial charge on any atom is -0.357 e. The van der Waals surface area contributed by atoms with Gasteiger partial charge in [-0.1, -0.05) is 49.3 Å². The molecule has 2 rings (SSSR count). The number of aliphatic imine (C=N–C) groups is 1. The quantitative estimate of drug-likeness (QED) is 0.569. The summed E-state index contributed by atoms with van der Waals surface area (Å²) in [5, 5.41) is 10.6. The zero-order valence-corrected chi connectivity index (χ0v) is 15.7. The van der Waals surface area contributed by atoms with E-state index in [1.165, 1.54) is 5.56 Å². The summed E-state index contributed by atoms with van der Waals surface area (Å²) < 4.78 is 5.13. The Balaban J connectivity index is 2.09. The third-order valence-electron chi connectivity index (χ3n) is 4.62. The summed E-state index contributed by atoms with van der Waals surface area (Å²) in [5.74, 6) is 1.92. The maximum Gasteiger partial charge on any atom is 0.248 e. The highest BCUT2D eigenvalue weighted by molar-refractivity contribution is 5.79. The van der Waals surface area contributed by atoms with Gasteiger partial charge in [-0.15, -0.1) is 0 Å². The van der Waals surface area contributed by atoms with E-state index in [4.69, 9.17) is 4.52 Å². The molecule has 0 fully saturated rings. The second-order valence-electron chi connectivity index (χ2n) is 6.14. The summed E-state index contributed by atoms with van der Waals surface area (Å²) in [4.78, 5) is 8.75. The highest BCUT2D eigenvalue weighted by atomic mass is 16.5. The number of nitrogens with zero attached hydrogens (tertiary/aromatic N) is 3. The Kier molecular flexibility index (Phi) is 6.98. The number of hydrogen-bond donors (Lipinski definition) is 2. The van der Waals surface area contributed by atoms with Gasteiger partial charge in [-0.3, -0.25) is 0 Å². The lowest BCUT2D eigenvalue weighted by Crippen LogP contribution is -2.45. The summed E-state index contributed by atoms with van der Waals surface area (Å²) in [6.07, 6.45) is 2.12. The highest BCUT2D eigenvalue weighted by Crippen LogP contribution is 2.30. The van der Waals surface area contributed by atoms with E-state index >= 15 is 0 Å². The molecule has 0 radical (unpaired) electrons. The Morgan fingerprint density at radius 1 is 1.12 bits per heavy atom. The smallest absolute Gasteiger partial charge is 0.248 e. The Bertz CT molecular complexity index is 661. The van der Waals surface area contributed by atoms with Gasteiger partial charge in [-0.25, -0.2) is 4.99 Å². The van der Waals surface area contributed by atoms with Gasteiger partial charge in [0, 0.05) is 18.5 Å². The van der Waals surface area contributed by atoms with Crippen molar-refractivity contribution in [3.63, 3.8) is 0 Å². The predicted molar refractivity (Wildman–Crippen MR) is 101 cm³/mol. The van der Waals surface area contributed by atoms with Gasteiger partial charge in [0.05, 0.1) is 0 Å². The lowest BCUT2D eigenvalue weighted by Gasteiger charge is -2.33. The fourth-order valence-electron chi connectivity index (χ4n) is 2.95. The number of aryl methyl sites for hydroxylation is 1. The van der Waals surface area contributed by atoms with Gasteiger partial charge in [0.15, 0.2) is 11.8 Å². The van der Waals surface area contributed by atoms with Crippen LogP contribution in [0.5, 0.6) is 0 Å². The highest BCUT2D eigenvalue weighted by Gasteiger charge is 2.28. The SMILES string of the molecule is CCNC(=NCc1nc(C)no1)NCC(CC)(CC)c1ccccc1. The summed E-state index contributed by atoms with van der Waals surface area (Å²) in [7, 11) is 0. The maximum absolute atomic E-state index is 5.13. The maximum atomic E-state index is 5.13. The summed E-state index contributed by atoms with van der Waals surface area (Å²) in [6, 6.07) is 10.7. The van der Waals surface area contributed by atoms with Crippen LogP contribution in [0.25, 0.3) is 0 Å². The van der Waals surface area contributed by atoms with Crippen molar-refractivity contribution in [3.8, 4) is 0 Å². The van der Waals surface area contributed by atoms with Gasteiger partial charge in [-0.05, 0) is 32.3 Å². The summed E-state index contributed by atoms with van der Waals surface area (Å²) in [5.41, 5.74) is 1.44. The van der Waals surface area contributed by atoms with Crippen molar-refractivity contribution in [1.29, 1.82) is 0 Å². The first-order chi connectivity index (χ1) is 12.1. The van der Waals surface area contributed by atoms with E-state index in [0.29, 0.717) is 18.3 Å². The van der Waals surface area contributed by atoms with Crippen LogP contribution in [0.1, 0.15) is 50.9 Å². The Hall–Kier alpha value is -2.37. The molecule has 0 amide bonds. The van der Waals surface area contributed by atoms with Crippen LogP contribution in [-0.2, 0) is 12.0 Å². The van der Waals surface area contributed by atoms with Crippen molar-refractivity contribution in [2.75, 3.05) is 13.1 Å². The zero-order chi connectivity index (χ0) is 18.1. The number of rotatable bonds is 8. The molecule has 2 N–H and O–H groups in total. The molecule has 1 heterocycles. The minimum atomic E-state index is 0.0819. The van der Waals surface area contributed by atoms with Gasteiger partial charge in [0.25, 0.3) is 0 Å². The summed E-state index contributed by atoms with van der Waals surface area (Å²) >= 11 is 0. The third-order valence-corrected chi connectivity index (χ3v) is 4.62. The van der Waals surface area contributed by atoms with Crippen molar-refractivity contribution in [2.45, 2.75) is 52.5 Å². The Morgan fingerprint density at radius 3 is 2.40 bits per heavy atom. The topological polar surface area (TPSA) is 75.3 Å². The van der Waals surface area contributed by atoms with E-state index in [-0.39, 0.29) is 5.41 Å². The van der Waals surface area contributed by atoms with Crippen LogP contribution in [0.2, 0.25) is 0 Å². The fraction of sp³-hybridized carbons (Fsp3) is 0.526. The molecule has 0 spiro atoms. The molecule has 0 saturated carbocycles. The first-order valence-corrected chi connectivity index (χ1v) is 9.00. The Morgan fingerprint density at radius 2 is 1.84 bits per heavy atom. The van der Waals surface area contributed by atoms with Crippen LogP contribution >= 0.6 is 0 Å². The van der Waals surface area contributed by atoms with Crippen molar-refractivity contribution >= 4 is 5.96 Å². The molecule has 0 atom stereocenters. The van der Waals surface area contributed by atoms with Gasteiger partial charge in [0.2, 0.25) is 5.89 Å². The number of benzene rings is 1. The van der Waals surface area contributed by atoms with Gasteiger partial charge >= 0.3 is 0 Å². The number of guanidine groups is 1. The van der Waals surface area contributed by atoms with Crippen LogP contribution < -0.4 is 10.6 Å². The average Bonchev–Trinajstić information content (AvgIpc) is 3.07. The molecular weight excluding hydrogens is 314 g/mol. The van der Waals surface area contributed by atoms with Crippen LogP contribution in [-0.4, -0.2) is 29.2 Å². The molecule has 0 bridgehead atoms. The molecule has 0 saturated heterocycles. The van der Waals surface area contributed by atoms with Crippen LogP contribution in [0.15, 0.2) is 39.8 Å². The molecule has 25 heavy (non-hydrogen) atoms. The monoisotopic (exact) mass is 343 g/mol. The van der Waals surface area contributed by atoms with Crippen LogP contribution in [0, 0.1) is 6.92 Å². The molecule has 0 aliphatic rings. The lowest BCUT2D eigenvalue weighted by molar-refractivity contribution is 0.375. The number of nitrogens with one attached hydrogen (secondary N) is 2. The molecule has 2 aromatic rings. The lowest BCUT2D eigenvalue weighted by atomic mass is 9.76. The molecule has 136 valence electrons. The number of hydrogen-bond acceptors (Lipinski definition) is 4. The van der Waals surface area contributed by atoms with Crippen LogP contribution in [0.3, 0.4) is 0 Å². The third kappa shape index (κ3) is 5.05. The van der Waals surface area contributed by atoms with E-state index < -0.39 is 0 Å². The molecule has 0 unspecified atom stereocenters. The van der Waals surface area contributed by atoms with E-state index in [2.05, 4.69) is 76.9 Å². The number of aromatic nitrogens is 2. The van der Waals surface area contributed by atoms with Gasteiger partial charge < -0.3 is 15.2 Å². The van der Waals surface area contributed by atoms with E-state index in [0.717, 1.165) is 31.9 Å². The minimum absolute atomic E-state index is 0.0819. The van der Waals surface area contributed by atoms with Crippen molar-refractivity contribution in [2.24, 2.45) is 4.99 Å². The molecule has 6 nitrogen and oxygen atoms in total. The molecular formula is C19H29N5O. The molecule has 0 aliphatic carbocycles. The molecule has 0 aliphatic heterocycles. The summed E-state index contributed by atoms with van der Waals surface area (Å²) in [6.45, 7) is 10.3. The van der Waals surface area contributed by atoms with Crippen molar-refractivity contribution < 1.29 is 4.52 Å². The van der Waals surface area contributed by atoms with E-state index in [9.17, 15) is 0 Å². The van der Waals surface area contributed by atoms with E-state index in [1.807, 2.05) is 0 Å². The van der Waals surface area contributed by atoms with Gasteiger partial charge in [-0.2, -0.15) is 4.98 Å². The molecule has 1 aromatic heterocycles. The second-order valence-corrected chi connectivity index (χ2v) is 6.14. The van der Waals surface area contributed by atoms with Crippen LogP contribution in [0.4, 0.5) is 0 Å². The second kappa shape index (κ2) is 9.20. The van der Waals surface area contributed by atoms with Crippen molar-refractivity contribution in [3.05, 3.63) is 47.6 Å². The largest absolute Gasteiger partial charge is 0.357 e. The Labute approximate surface area is 150 Å². The van der Waals surface area contributed by atoms with Crippen molar-refractivity contribution in [1.82, 2.24) is 20.8 Å². The standard InChI is InChI=1S/C19H29N5O/c1-5-19(6-2,16-11-9-8-10-12-16)14-22-18(20-7-3)21-13-17-23-15(4)24-25-17/h8-12H,5-7,13-14H2,1-4H3,(H2,20,21,22). The fourth-order valence-corrected chi connectivity index (χ4v) is 2.95. The zero-order valence-electron chi connectivity index (χ0n) is 15.7. The van der Waals surface area contributed by atoms with E-state index in [1.54, 1.807) is 6.92 Å². The first kappa shape index (κ1) is 19.0. The normalized spacial score (nSPS) is 12.2. The van der Waals surface area contributed by atoms with Gasteiger partial charge in [0.1, 0.15) is 6.54 Å². The molecule has 1 aromatic carbocycles. The molecule has 6 heteroatoms. The average molecular weight is 343 g/mol. The first-order valence-electron chi connectivity index (χ1n) is 9.00.